The lowest BCUT2D eigenvalue weighted by molar-refractivity contribution is 0.0443. The Balaban J connectivity index is 1.32. The Morgan fingerprint density at radius 2 is 0.902 bits per heavy atom. The quantitative estimate of drug-likeness (QED) is 0.103. The van der Waals surface area contributed by atoms with Gasteiger partial charge in [0.05, 0.1) is 11.1 Å². The van der Waals surface area contributed by atoms with E-state index < -0.39 is 0 Å². The SMILES string of the molecule is Cc1ccc(C(=O)OCCOc2c3ccccc3c(OCCOC(=O)c3ccc(C)cc3)c3cc(C)ccc23)cc1. The molecular weight excluding hydrogens is 516 g/mol. The largest absolute Gasteiger partial charge is 0.489 e. The molecule has 0 atom stereocenters. The van der Waals surface area contributed by atoms with Crippen LogP contribution in [0.3, 0.4) is 0 Å². The topological polar surface area (TPSA) is 71.1 Å². The second-order valence-electron chi connectivity index (χ2n) is 9.95. The minimum atomic E-state index is -0.384. The Hall–Kier alpha value is -4.84. The Kier molecular flexibility index (Phi) is 8.49. The van der Waals surface area contributed by atoms with Crippen LogP contribution < -0.4 is 9.47 Å². The van der Waals surface area contributed by atoms with Gasteiger partial charge in [0.15, 0.2) is 0 Å². The number of carbonyl (C=O) groups excluding carboxylic acids is 2. The molecule has 208 valence electrons. The lowest BCUT2D eigenvalue weighted by Crippen LogP contribution is -2.13. The standard InChI is InChI=1S/C35H32O6/c1-23-8-13-26(14-9-23)34(36)40-20-18-38-32-28-6-4-5-7-29(28)33(31-22-25(3)12-17-30(31)32)39-19-21-41-35(37)27-15-10-24(2)11-16-27/h4-17,22H,18-21H2,1-3H3. The lowest BCUT2D eigenvalue weighted by atomic mass is 9.99. The Labute approximate surface area is 239 Å². The molecule has 6 heteroatoms. The van der Waals surface area contributed by atoms with E-state index in [1.165, 1.54) is 0 Å². The molecule has 0 spiro atoms. The maximum absolute atomic E-state index is 12.4. The summed E-state index contributed by atoms with van der Waals surface area (Å²) in [4.78, 5) is 24.8. The maximum Gasteiger partial charge on any atom is 0.338 e. The van der Waals surface area contributed by atoms with Crippen LogP contribution in [0.1, 0.15) is 37.4 Å². The summed E-state index contributed by atoms with van der Waals surface area (Å²) in [5, 5.41) is 3.52. The van der Waals surface area contributed by atoms with Crippen LogP contribution in [0.5, 0.6) is 11.5 Å². The van der Waals surface area contributed by atoms with E-state index >= 15 is 0 Å². The first-order valence-corrected chi connectivity index (χ1v) is 13.6. The summed E-state index contributed by atoms with van der Waals surface area (Å²) >= 11 is 0. The van der Waals surface area contributed by atoms with Crippen molar-refractivity contribution >= 4 is 33.5 Å². The number of ether oxygens (including phenoxy) is 4. The second kappa shape index (κ2) is 12.6. The maximum atomic E-state index is 12.4. The van der Waals surface area contributed by atoms with Crippen molar-refractivity contribution in [3.63, 3.8) is 0 Å². The fourth-order valence-electron chi connectivity index (χ4n) is 4.63. The minimum absolute atomic E-state index is 0.110. The molecule has 0 saturated heterocycles. The summed E-state index contributed by atoms with van der Waals surface area (Å²) in [7, 11) is 0. The fourth-order valence-corrected chi connectivity index (χ4v) is 4.63. The van der Waals surface area contributed by atoms with Crippen molar-refractivity contribution < 1.29 is 28.5 Å². The smallest absolute Gasteiger partial charge is 0.338 e. The van der Waals surface area contributed by atoms with Gasteiger partial charge in [-0.05, 0) is 51.1 Å². The Bertz CT molecular complexity index is 1690. The molecule has 0 unspecified atom stereocenters. The lowest BCUT2D eigenvalue weighted by Gasteiger charge is -2.18. The van der Waals surface area contributed by atoms with Crippen molar-refractivity contribution in [1.82, 2.24) is 0 Å². The van der Waals surface area contributed by atoms with Crippen molar-refractivity contribution in [2.24, 2.45) is 0 Å². The van der Waals surface area contributed by atoms with Gasteiger partial charge < -0.3 is 18.9 Å². The highest BCUT2D eigenvalue weighted by Crippen LogP contribution is 2.43. The van der Waals surface area contributed by atoms with Crippen LogP contribution >= 0.6 is 0 Å². The molecule has 5 aromatic rings. The molecule has 0 aliphatic rings. The molecular formula is C35H32O6. The molecule has 41 heavy (non-hydrogen) atoms. The molecule has 0 N–H and O–H groups in total. The molecule has 0 saturated carbocycles. The van der Waals surface area contributed by atoms with E-state index in [-0.39, 0.29) is 38.4 Å². The highest BCUT2D eigenvalue weighted by Gasteiger charge is 2.17. The van der Waals surface area contributed by atoms with E-state index in [0.29, 0.717) is 22.6 Å². The number of aryl methyl sites for hydroxylation is 3. The van der Waals surface area contributed by atoms with E-state index in [1.807, 2.05) is 81.4 Å². The zero-order chi connectivity index (χ0) is 28.8. The van der Waals surface area contributed by atoms with Crippen molar-refractivity contribution in [2.75, 3.05) is 26.4 Å². The average molecular weight is 549 g/mol. The van der Waals surface area contributed by atoms with Crippen molar-refractivity contribution in [3.8, 4) is 11.5 Å². The van der Waals surface area contributed by atoms with E-state index in [2.05, 4.69) is 6.07 Å². The molecule has 0 radical (unpaired) electrons. The van der Waals surface area contributed by atoms with Crippen LogP contribution in [-0.2, 0) is 9.47 Å². The third-order valence-corrected chi connectivity index (χ3v) is 6.78. The summed E-state index contributed by atoms with van der Waals surface area (Å²) in [5.41, 5.74) is 4.24. The van der Waals surface area contributed by atoms with Crippen LogP contribution in [0.15, 0.2) is 91.0 Å². The van der Waals surface area contributed by atoms with Gasteiger partial charge in [-0.1, -0.05) is 77.4 Å². The van der Waals surface area contributed by atoms with E-state index in [9.17, 15) is 9.59 Å². The summed E-state index contributed by atoms with van der Waals surface area (Å²) < 4.78 is 23.4. The number of esters is 2. The first-order chi connectivity index (χ1) is 19.9. The molecule has 0 aromatic heterocycles. The molecule has 0 bridgehead atoms. The predicted octanol–water partition coefficient (Wildman–Crippen LogP) is 7.39. The molecule has 5 aromatic carbocycles. The van der Waals surface area contributed by atoms with Crippen molar-refractivity contribution in [3.05, 3.63) is 119 Å². The summed E-state index contributed by atoms with van der Waals surface area (Å²) in [5.74, 6) is 0.626. The number of benzene rings is 5. The molecule has 0 aliphatic carbocycles. The van der Waals surface area contributed by atoms with Crippen LogP contribution in [0.25, 0.3) is 21.5 Å². The van der Waals surface area contributed by atoms with Gasteiger partial charge in [-0.2, -0.15) is 0 Å². The van der Waals surface area contributed by atoms with Gasteiger partial charge in [0.1, 0.15) is 37.9 Å². The summed E-state index contributed by atoms with van der Waals surface area (Å²) in [6.07, 6.45) is 0. The zero-order valence-electron chi connectivity index (χ0n) is 23.4. The van der Waals surface area contributed by atoms with Gasteiger partial charge in [0, 0.05) is 21.5 Å². The predicted molar refractivity (Wildman–Crippen MR) is 160 cm³/mol. The van der Waals surface area contributed by atoms with E-state index in [1.54, 1.807) is 24.3 Å². The molecule has 6 nitrogen and oxygen atoms in total. The third-order valence-electron chi connectivity index (χ3n) is 6.78. The molecule has 0 amide bonds. The van der Waals surface area contributed by atoms with Crippen LogP contribution in [-0.4, -0.2) is 38.4 Å². The number of rotatable bonds is 10. The van der Waals surface area contributed by atoms with Gasteiger partial charge in [-0.25, -0.2) is 9.59 Å². The highest BCUT2D eigenvalue weighted by molar-refractivity contribution is 6.11. The zero-order valence-corrected chi connectivity index (χ0v) is 23.4. The van der Waals surface area contributed by atoms with Gasteiger partial charge in [0.25, 0.3) is 0 Å². The fraction of sp³-hybridized carbons (Fsp3) is 0.200. The third kappa shape index (κ3) is 6.49. The van der Waals surface area contributed by atoms with Gasteiger partial charge in [-0.15, -0.1) is 0 Å². The van der Waals surface area contributed by atoms with Crippen LogP contribution in [0.4, 0.5) is 0 Å². The average Bonchev–Trinajstić information content (AvgIpc) is 2.98. The van der Waals surface area contributed by atoms with Crippen molar-refractivity contribution in [2.45, 2.75) is 20.8 Å². The van der Waals surface area contributed by atoms with E-state index in [4.69, 9.17) is 18.9 Å². The number of carbonyl (C=O) groups is 2. The normalized spacial score (nSPS) is 10.9. The summed E-state index contributed by atoms with van der Waals surface area (Å²) in [6.45, 7) is 6.57. The number of fused-ring (bicyclic) bond motifs is 2. The van der Waals surface area contributed by atoms with Crippen LogP contribution in [0.2, 0.25) is 0 Å². The molecule has 0 aliphatic heterocycles. The first kappa shape index (κ1) is 27.7. The Morgan fingerprint density at radius 3 is 1.39 bits per heavy atom. The van der Waals surface area contributed by atoms with Crippen LogP contribution in [0, 0.1) is 20.8 Å². The minimum Gasteiger partial charge on any atom is -0.489 e. The molecule has 0 heterocycles. The first-order valence-electron chi connectivity index (χ1n) is 13.6. The molecule has 0 fully saturated rings. The number of hydrogen-bond donors (Lipinski definition) is 0. The monoisotopic (exact) mass is 548 g/mol. The van der Waals surface area contributed by atoms with Gasteiger partial charge in [-0.3, -0.25) is 0 Å². The molecule has 5 rings (SSSR count). The van der Waals surface area contributed by atoms with Gasteiger partial charge >= 0.3 is 11.9 Å². The highest BCUT2D eigenvalue weighted by atomic mass is 16.6. The van der Waals surface area contributed by atoms with E-state index in [0.717, 1.165) is 38.2 Å². The summed E-state index contributed by atoms with van der Waals surface area (Å²) in [6, 6.07) is 28.5. The van der Waals surface area contributed by atoms with Gasteiger partial charge in [0.2, 0.25) is 0 Å². The Morgan fingerprint density at radius 1 is 0.488 bits per heavy atom. The number of hydrogen-bond acceptors (Lipinski definition) is 6. The second-order valence-corrected chi connectivity index (χ2v) is 9.95. The van der Waals surface area contributed by atoms with Crippen molar-refractivity contribution in [1.29, 1.82) is 0 Å².